The Morgan fingerprint density at radius 3 is 2.67 bits per heavy atom. The van der Waals surface area contributed by atoms with E-state index < -0.39 is 8.07 Å². The van der Waals surface area contributed by atoms with E-state index in [1.165, 1.54) is 0 Å². The van der Waals surface area contributed by atoms with Crippen molar-refractivity contribution >= 4 is 35.0 Å². The molecule has 2 heterocycles. The molecule has 0 unspecified atom stereocenters. The molecule has 27 heavy (non-hydrogen) atoms. The summed E-state index contributed by atoms with van der Waals surface area (Å²) >= 11 is 3.51. The molecule has 5 nitrogen and oxygen atoms in total. The van der Waals surface area contributed by atoms with E-state index in [9.17, 15) is 0 Å². The zero-order valence-corrected chi connectivity index (χ0v) is 18.7. The van der Waals surface area contributed by atoms with Crippen molar-refractivity contribution in [1.82, 2.24) is 9.71 Å². The average molecular weight is 449 g/mol. The lowest BCUT2D eigenvalue weighted by Gasteiger charge is -2.15. The second-order valence-corrected chi connectivity index (χ2v) is 14.1. The van der Waals surface area contributed by atoms with Crippen molar-refractivity contribution in [2.75, 3.05) is 20.5 Å². The van der Waals surface area contributed by atoms with Crippen molar-refractivity contribution in [2.24, 2.45) is 0 Å². The first-order chi connectivity index (χ1) is 12.9. The van der Waals surface area contributed by atoms with Gasteiger partial charge in [-0.25, -0.2) is 4.98 Å². The van der Waals surface area contributed by atoms with Crippen LogP contribution in [0.25, 0.3) is 22.2 Å². The number of para-hydroxylation sites is 1. The molecule has 0 spiro atoms. The molecule has 7 heteroatoms. The predicted octanol–water partition coefficient (Wildman–Crippen LogP) is 5.22. The third-order valence-corrected chi connectivity index (χ3v) is 6.39. The lowest BCUT2D eigenvalue weighted by Crippen LogP contribution is -2.23. The van der Waals surface area contributed by atoms with E-state index >= 15 is 0 Å². The number of hydrogen-bond donors (Lipinski definition) is 0. The van der Waals surface area contributed by atoms with Gasteiger partial charge in [0.15, 0.2) is 5.65 Å². The van der Waals surface area contributed by atoms with Gasteiger partial charge in [-0.15, -0.1) is 0 Å². The fourth-order valence-electron chi connectivity index (χ4n) is 2.77. The second kappa shape index (κ2) is 8.46. The predicted molar refractivity (Wildman–Crippen MR) is 115 cm³/mol. The molecule has 0 aliphatic rings. The van der Waals surface area contributed by atoms with Crippen molar-refractivity contribution in [2.45, 2.75) is 25.7 Å². The summed E-state index contributed by atoms with van der Waals surface area (Å²) in [6, 6.07) is 11.1. The third kappa shape index (κ3) is 4.91. The summed E-state index contributed by atoms with van der Waals surface area (Å²) < 4.78 is 13.8. The van der Waals surface area contributed by atoms with Gasteiger partial charge in [0.25, 0.3) is 0 Å². The molecular formula is C20H25BrN2O3Si. The van der Waals surface area contributed by atoms with Gasteiger partial charge in [-0.1, -0.05) is 37.8 Å². The minimum atomic E-state index is -1.11. The Bertz CT molecular complexity index is 921. The number of aromatic nitrogens is 2. The maximum Gasteiger partial charge on any atom is 0.214 e. The van der Waals surface area contributed by atoms with Crippen molar-refractivity contribution in [3.05, 3.63) is 47.2 Å². The van der Waals surface area contributed by atoms with Crippen LogP contribution in [-0.2, 0) is 4.74 Å². The Balaban J connectivity index is 1.87. The highest BCUT2D eigenvalue weighted by Gasteiger charge is 2.16. The Hall–Kier alpha value is -1.83. The number of fused-ring (bicyclic) bond motifs is 1. The van der Waals surface area contributed by atoms with Crippen LogP contribution in [0.3, 0.4) is 0 Å². The lowest BCUT2D eigenvalue weighted by molar-refractivity contribution is -0.0519. The summed E-state index contributed by atoms with van der Waals surface area (Å²) in [5.41, 5.74) is 2.73. The van der Waals surface area contributed by atoms with Crippen molar-refractivity contribution in [3.8, 4) is 16.9 Å². The Morgan fingerprint density at radius 2 is 1.93 bits per heavy atom. The molecule has 0 aliphatic carbocycles. The molecule has 0 atom stereocenters. The van der Waals surface area contributed by atoms with Gasteiger partial charge >= 0.3 is 0 Å². The van der Waals surface area contributed by atoms with Gasteiger partial charge in [0.05, 0.1) is 13.3 Å². The van der Waals surface area contributed by atoms with Crippen LogP contribution < -0.4 is 9.57 Å². The van der Waals surface area contributed by atoms with Crippen molar-refractivity contribution < 1.29 is 14.3 Å². The zero-order chi connectivity index (χ0) is 19.4. The molecule has 144 valence electrons. The summed E-state index contributed by atoms with van der Waals surface area (Å²) in [7, 11) is 0.570. The summed E-state index contributed by atoms with van der Waals surface area (Å²) in [6.45, 7) is 7.90. The largest absolute Gasteiger partial charge is 0.496 e. The smallest absolute Gasteiger partial charge is 0.214 e. The Labute approximate surface area is 169 Å². The first kappa shape index (κ1) is 19.9. The summed E-state index contributed by atoms with van der Waals surface area (Å²) in [5.74, 6) is 0.808. The topological polar surface area (TPSA) is 45.5 Å². The van der Waals surface area contributed by atoms with Crippen LogP contribution >= 0.6 is 15.9 Å². The van der Waals surface area contributed by atoms with Crippen LogP contribution in [-0.4, -0.2) is 38.3 Å². The number of benzene rings is 1. The molecule has 0 bridgehead atoms. The van der Waals surface area contributed by atoms with Crippen LogP contribution in [0.5, 0.6) is 5.75 Å². The Kier molecular flexibility index (Phi) is 6.24. The maximum atomic E-state index is 5.84. The van der Waals surface area contributed by atoms with E-state index in [1.807, 2.05) is 36.5 Å². The molecule has 0 fully saturated rings. The maximum absolute atomic E-state index is 5.84. The number of methoxy groups -OCH3 is 1. The number of nitrogens with zero attached hydrogens (tertiary/aromatic N) is 2. The SMILES string of the molecule is COc1ccccc1-c1cn(OCOCC[Si](C)(C)C)c2ncc(Br)cc12. The van der Waals surface area contributed by atoms with E-state index in [0.29, 0.717) is 6.61 Å². The van der Waals surface area contributed by atoms with E-state index in [1.54, 1.807) is 18.0 Å². The van der Waals surface area contributed by atoms with Crippen LogP contribution in [0.4, 0.5) is 0 Å². The van der Waals surface area contributed by atoms with Gasteiger partial charge in [0.2, 0.25) is 6.79 Å². The quantitative estimate of drug-likeness (QED) is 0.269. The van der Waals surface area contributed by atoms with Crippen molar-refractivity contribution in [1.29, 1.82) is 0 Å². The normalized spacial score (nSPS) is 11.7. The molecular weight excluding hydrogens is 424 g/mol. The number of halogens is 1. The average Bonchev–Trinajstić information content (AvgIpc) is 2.98. The molecule has 0 amide bonds. The fourth-order valence-corrected chi connectivity index (χ4v) is 3.85. The molecule has 0 saturated carbocycles. The minimum absolute atomic E-state index is 0.192. The molecule has 0 radical (unpaired) electrons. The van der Waals surface area contributed by atoms with Crippen LogP contribution in [0.2, 0.25) is 25.7 Å². The second-order valence-electron chi connectivity index (χ2n) is 7.56. The molecule has 0 aliphatic heterocycles. The van der Waals surface area contributed by atoms with Crippen LogP contribution in [0, 0.1) is 0 Å². The van der Waals surface area contributed by atoms with Gasteiger partial charge in [-0.05, 0) is 34.1 Å². The lowest BCUT2D eigenvalue weighted by atomic mass is 10.1. The minimum Gasteiger partial charge on any atom is -0.496 e. The summed E-state index contributed by atoms with van der Waals surface area (Å²) in [6.07, 6.45) is 3.70. The van der Waals surface area contributed by atoms with E-state index in [-0.39, 0.29) is 6.79 Å². The van der Waals surface area contributed by atoms with Gasteiger partial charge in [-0.2, -0.15) is 4.73 Å². The molecule has 2 aromatic heterocycles. The van der Waals surface area contributed by atoms with Crippen LogP contribution in [0.1, 0.15) is 0 Å². The summed E-state index contributed by atoms with van der Waals surface area (Å²) in [4.78, 5) is 10.4. The number of pyridine rings is 1. The highest BCUT2D eigenvalue weighted by atomic mass is 79.9. The van der Waals surface area contributed by atoms with Gasteiger partial charge in [0, 0.05) is 41.9 Å². The molecule has 0 N–H and O–H groups in total. The number of hydrogen-bond acceptors (Lipinski definition) is 4. The highest BCUT2D eigenvalue weighted by molar-refractivity contribution is 9.10. The monoisotopic (exact) mass is 448 g/mol. The first-order valence-corrected chi connectivity index (χ1v) is 13.4. The molecule has 3 rings (SSSR count). The van der Waals surface area contributed by atoms with Gasteiger partial charge in [-0.3, -0.25) is 0 Å². The van der Waals surface area contributed by atoms with Crippen molar-refractivity contribution in [3.63, 3.8) is 0 Å². The van der Waals surface area contributed by atoms with E-state index in [4.69, 9.17) is 14.3 Å². The van der Waals surface area contributed by atoms with Crippen LogP contribution in [0.15, 0.2) is 47.2 Å². The Morgan fingerprint density at radius 1 is 1.15 bits per heavy atom. The summed E-state index contributed by atoms with van der Waals surface area (Å²) in [5, 5.41) is 0.982. The molecule has 0 saturated heterocycles. The van der Waals surface area contributed by atoms with Gasteiger partial charge < -0.3 is 14.3 Å². The fraction of sp³-hybridized carbons (Fsp3) is 0.350. The van der Waals surface area contributed by atoms with Gasteiger partial charge in [0.1, 0.15) is 5.75 Å². The standard InChI is InChI=1S/C20H25BrN2O3Si/c1-24-19-8-6-5-7-16(19)18-13-23(20-17(18)11-15(21)12-22-20)26-14-25-9-10-27(2,3)4/h5-8,11-13H,9-10,14H2,1-4H3. The highest BCUT2D eigenvalue weighted by Crippen LogP contribution is 2.36. The third-order valence-electron chi connectivity index (χ3n) is 4.25. The van der Waals surface area contributed by atoms with E-state index in [0.717, 1.165) is 38.4 Å². The van der Waals surface area contributed by atoms with E-state index in [2.05, 4.69) is 40.6 Å². The first-order valence-electron chi connectivity index (χ1n) is 8.90. The molecule has 3 aromatic rings. The zero-order valence-electron chi connectivity index (χ0n) is 16.2. The number of rotatable bonds is 8. The molecule has 1 aromatic carbocycles. The number of ether oxygens (including phenoxy) is 2.